The quantitative estimate of drug-likeness (QED) is 0.857. The minimum Gasteiger partial charge on any atom is -0.306 e. The minimum absolute atomic E-state index is 0.217. The maximum absolute atomic E-state index is 14.1. The Bertz CT molecular complexity index is 565. The molecule has 0 aliphatic rings. The molecule has 0 aliphatic heterocycles. The normalized spacial score (nSPS) is 12.4. The molecule has 106 valence electrons. The molecule has 0 bridgehead atoms. The summed E-state index contributed by atoms with van der Waals surface area (Å²) < 4.78 is 41.6. The van der Waals surface area contributed by atoms with Gasteiger partial charge in [0.2, 0.25) is 0 Å². The van der Waals surface area contributed by atoms with Crippen LogP contribution in [0.4, 0.5) is 13.2 Å². The maximum Gasteiger partial charge on any atom is 0.131 e. The number of nitrogens with one attached hydrogen (secondary N) is 1. The van der Waals surface area contributed by atoms with Crippen molar-refractivity contribution in [2.75, 3.05) is 6.54 Å². The predicted molar refractivity (Wildman–Crippen MR) is 76.0 cm³/mol. The molecule has 5 heteroatoms. The average molecular weight is 344 g/mol. The molecule has 20 heavy (non-hydrogen) atoms. The third-order valence-electron chi connectivity index (χ3n) is 2.96. The molecule has 1 atom stereocenters. The SMILES string of the molecule is CCNC(c1ccc(F)cc1F)c1ccc(Br)cc1F. The second kappa shape index (κ2) is 6.41. The van der Waals surface area contributed by atoms with Crippen LogP contribution in [-0.2, 0) is 0 Å². The maximum atomic E-state index is 14.1. The van der Waals surface area contributed by atoms with E-state index in [1.165, 1.54) is 18.2 Å². The molecule has 2 aromatic carbocycles. The second-order valence-electron chi connectivity index (χ2n) is 4.32. The van der Waals surface area contributed by atoms with E-state index >= 15 is 0 Å². The number of halogens is 4. The van der Waals surface area contributed by atoms with E-state index in [9.17, 15) is 13.2 Å². The fraction of sp³-hybridized carbons (Fsp3) is 0.200. The molecule has 2 aromatic rings. The highest BCUT2D eigenvalue weighted by Gasteiger charge is 2.20. The zero-order chi connectivity index (χ0) is 14.7. The van der Waals surface area contributed by atoms with Crippen molar-refractivity contribution in [1.29, 1.82) is 0 Å². The lowest BCUT2D eigenvalue weighted by Gasteiger charge is -2.20. The Hall–Kier alpha value is -1.33. The Morgan fingerprint density at radius 3 is 2.15 bits per heavy atom. The van der Waals surface area contributed by atoms with Crippen LogP contribution in [0.15, 0.2) is 40.9 Å². The fourth-order valence-electron chi connectivity index (χ4n) is 2.06. The number of hydrogen-bond donors (Lipinski definition) is 1. The van der Waals surface area contributed by atoms with Gasteiger partial charge in [0.15, 0.2) is 0 Å². The zero-order valence-corrected chi connectivity index (χ0v) is 12.3. The van der Waals surface area contributed by atoms with Crippen molar-refractivity contribution in [3.05, 3.63) is 69.4 Å². The summed E-state index contributed by atoms with van der Waals surface area (Å²) in [5.74, 6) is -1.80. The van der Waals surface area contributed by atoms with Crippen LogP contribution in [-0.4, -0.2) is 6.54 Å². The highest BCUT2D eigenvalue weighted by molar-refractivity contribution is 9.10. The van der Waals surface area contributed by atoms with E-state index < -0.39 is 23.5 Å². The first-order valence-corrected chi connectivity index (χ1v) is 6.95. The van der Waals surface area contributed by atoms with Crippen molar-refractivity contribution in [3.8, 4) is 0 Å². The number of benzene rings is 2. The molecule has 0 fully saturated rings. The Kier molecular flexibility index (Phi) is 4.83. The van der Waals surface area contributed by atoms with Crippen LogP contribution in [0.5, 0.6) is 0 Å². The van der Waals surface area contributed by atoms with Gasteiger partial charge < -0.3 is 5.32 Å². The zero-order valence-electron chi connectivity index (χ0n) is 10.8. The van der Waals surface area contributed by atoms with Crippen LogP contribution < -0.4 is 5.32 Å². The Labute approximate surface area is 123 Å². The van der Waals surface area contributed by atoms with E-state index in [1.807, 2.05) is 6.92 Å². The van der Waals surface area contributed by atoms with Crippen LogP contribution >= 0.6 is 15.9 Å². The van der Waals surface area contributed by atoms with Crippen molar-refractivity contribution in [2.45, 2.75) is 13.0 Å². The van der Waals surface area contributed by atoms with E-state index in [0.717, 1.165) is 6.07 Å². The van der Waals surface area contributed by atoms with Crippen LogP contribution in [0.3, 0.4) is 0 Å². The number of hydrogen-bond acceptors (Lipinski definition) is 1. The fourth-order valence-corrected chi connectivity index (χ4v) is 2.40. The first-order chi connectivity index (χ1) is 9.52. The van der Waals surface area contributed by atoms with Crippen molar-refractivity contribution in [3.63, 3.8) is 0 Å². The smallest absolute Gasteiger partial charge is 0.131 e. The van der Waals surface area contributed by atoms with Crippen LogP contribution in [0, 0.1) is 17.5 Å². The number of rotatable bonds is 4. The topological polar surface area (TPSA) is 12.0 Å². The Morgan fingerprint density at radius 2 is 1.60 bits per heavy atom. The van der Waals surface area contributed by atoms with Crippen LogP contribution in [0.2, 0.25) is 0 Å². The van der Waals surface area contributed by atoms with Gasteiger partial charge in [0.05, 0.1) is 6.04 Å². The molecule has 0 saturated heterocycles. The predicted octanol–water partition coefficient (Wildman–Crippen LogP) is 4.57. The summed E-state index contributed by atoms with van der Waals surface area (Å²) in [6.07, 6.45) is 0. The van der Waals surface area contributed by atoms with Crippen molar-refractivity contribution < 1.29 is 13.2 Å². The minimum atomic E-state index is -0.696. The lowest BCUT2D eigenvalue weighted by atomic mass is 9.97. The molecule has 1 nitrogen and oxygen atoms in total. The van der Waals surface area contributed by atoms with Crippen LogP contribution in [0.25, 0.3) is 0 Å². The Balaban J connectivity index is 2.50. The molecule has 0 heterocycles. The van der Waals surface area contributed by atoms with Gasteiger partial charge in [-0.15, -0.1) is 0 Å². The summed E-state index contributed by atoms with van der Waals surface area (Å²) in [6, 6.07) is 7.23. The first-order valence-electron chi connectivity index (χ1n) is 6.16. The second-order valence-corrected chi connectivity index (χ2v) is 5.24. The highest BCUT2D eigenvalue weighted by Crippen LogP contribution is 2.28. The molecule has 2 rings (SSSR count). The lowest BCUT2D eigenvalue weighted by Crippen LogP contribution is -2.24. The monoisotopic (exact) mass is 343 g/mol. The van der Waals surface area contributed by atoms with Gasteiger partial charge in [0, 0.05) is 21.7 Å². The van der Waals surface area contributed by atoms with E-state index in [4.69, 9.17) is 0 Å². The summed E-state index contributed by atoms with van der Waals surface area (Å²) in [5, 5.41) is 3.02. The summed E-state index contributed by atoms with van der Waals surface area (Å²) >= 11 is 3.18. The van der Waals surface area contributed by atoms with Gasteiger partial charge in [0.25, 0.3) is 0 Å². The molecule has 0 spiro atoms. The Morgan fingerprint density at radius 1 is 1.00 bits per heavy atom. The van der Waals surface area contributed by atoms with Gasteiger partial charge in [-0.25, -0.2) is 13.2 Å². The molecule has 0 amide bonds. The van der Waals surface area contributed by atoms with E-state index in [0.29, 0.717) is 16.6 Å². The van der Waals surface area contributed by atoms with Gasteiger partial charge in [-0.1, -0.05) is 35.0 Å². The summed E-state index contributed by atoms with van der Waals surface area (Å²) in [5.41, 5.74) is 0.537. The molecule has 0 aliphatic carbocycles. The van der Waals surface area contributed by atoms with Crippen LogP contribution in [0.1, 0.15) is 24.1 Å². The standard InChI is InChI=1S/C15H13BrF3N/c1-2-20-15(11-5-3-9(16)7-13(11)18)12-6-4-10(17)8-14(12)19/h3-8,15,20H,2H2,1H3. The summed E-state index contributed by atoms with van der Waals surface area (Å²) in [6.45, 7) is 2.36. The van der Waals surface area contributed by atoms with Gasteiger partial charge in [-0.3, -0.25) is 0 Å². The van der Waals surface area contributed by atoms with Gasteiger partial charge in [-0.05, 0) is 24.7 Å². The molecule has 1 unspecified atom stereocenters. The molecular weight excluding hydrogens is 331 g/mol. The van der Waals surface area contributed by atoms with Gasteiger partial charge in [-0.2, -0.15) is 0 Å². The molecular formula is C15H13BrF3N. The highest BCUT2D eigenvalue weighted by atomic mass is 79.9. The molecule has 0 aromatic heterocycles. The first kappa shape index (κ1) is 15.1. The van der Waals surface area contributed by atoms with Crippen molar-refractivity contribution in [1.82, 2.24) is 5.32 Å². The van der Waals surface area contributed by atoms with E-state index in [-0.39, 0.29) is 5.56 Å². The van der Waals surface area contributed by atoms with E-state index in [1.54, 1.807) is 12.1 Å². The molecule has 1 N–H and O–H groups in total. The third-order valence-corrected chi connectivity index (χ3v) is 3.45. The summed E-state index contributed by atoms with van der Waals surface area (Å²) in [7, 11) is 0. The van der Waals surface area contributed by atoms with Crippen molar-refractivity contribution in [2.24, 2.45) is 0 Å². The van der Waals surface area contributed by atoms with Gasteiger partial charge >= 0.3 is 0 Å². The van der Waals surface area contributed by atoms with E-state index in [2.05, 4.69) is 21.2 Å². The molecule has 0 saturated carbocycles. The third kappa shape index (κ3) is 3.22. The average Bonchev–Trinajstić information content (AvgIpc) is 2.37. The van der Waals surface area contributed by atoms with Gasteiger partial charge in [0.1, 0.15) is 17.5 Å². The van der Waals surface area contributed by atoms with Crippen molar-refractivity contribution >= 4 is 15.9 Å². The lowest BCUT2D eigenvalue weighted by molar-refractivity contribution is 0.521. The summed E-state index contributed by atoms with van der Waals surface area (Å²) in [4.78, 5) is 0. The largest absolute Gasteiger partial charge is 0.306 e. The molecule has 0 radical (unpaired) electrons.